The van der Waals surface area contributed by atoms with Crippen molar-refractivity contribution in [3.63, 3.8) is 0 Å². The van der Waals surface area contributed by atoms with Crippen LogP contribution in [0.3, 0.4) is 0 Å². The van der Waals surface area contributed by atoms with Crippen molar-refractivity contribution in [3.05, 3.63) is 76.5 Å². The van der Waals surface area contributed by atoms with Crippen LogP contribution >= 0.6 is 0 Å². The van der Waals surface area contributed by atoms with Gasteiger partial charge >= 0.3 is 0 Å². The van der Waals surface area contributed by atoms with Crippen LogP contribution in [0.4, 0.5) is 0 Å². The van der Waals surface area contributed by atoms with Crippen molar-refractivity contribution in [1.29, 1.82) is 0 Å². The van der Waals surface area contributed by atoms with E-state index in [2.05, 4.69) is 6.58 Å². The summed E-state index contributed by atoms with van der Waals surface area (Å²) in [5.74, 6) is -0.105. The Bertz CT molecular complexity index is 1010. The molecule has 2 N–H and O–H groups in total. The average molecular weight is 320 g/mol. The van der Waals surface area contributed by atoms with Crippen LogP contribution in [-0.4, -0.2) is 10.2 Å². The first-order valence-corrected chi connectivity index (χ1v) is 7.40. The molecule has 0 aliphatic heterocycles. The van der Waals surface area contributed by atoms with Crippen LogP contribution in [0.15, 0.2) is 69.9 Å². The van der Waals surface area contributed by atoms with E-state index in [0.717, 1.165) is 11.1 Å². The van der Waals surface area contributed by atoms with E-state index in [4.69, 9.17) is 4.42 Å². The maximum absolute atomic E-state index is 12.5. The highest BCUT2D eigenvalue weighted by molar-refractivity contribution is 5.91. The van der Waals surface area contributed by atoms with Gasteiger partial charge in [-0.3, -0.25) is 4.79 Å². The van der Waals surface area contributed by atoms with Crippen molar-refractivity contribution < 1.29 is 14.6 Å². The van der Waals surface area contributed by atoms with Crippen molar-refractivity contribution in [2.75, 3.05) is 0 Å². The van der Waals surface area contributed by atoms with Crippen LogP contribution in [0.2, 0.25) is 0 Å². The number of phenolic OH excluding ortho intramolecular Hbond substituents is 2. The van der Waals surface area contributed by atoms with E-state index in [9.17, 15) is 15.0 Å². The third-order valence-corrected chi connectivity index (χ3v) is 3.76. The summed E-state index contributed by atoms with van der Waals surface area (Å²) in [6, 6.07) is 11.8. The Balaban J connectivity index is 2.30. The molecule has 4 nitrogen and oxygen atoms in total. The largest absolute Gasteiger partial charge is 0.507 e. The number of phenols is 2. The van der Waals surface area contributed by atoms with Crippen LogP contribution in [0.5, 0.6) is 11.5 Å². The average Bonchev–Trinajstić information content (AvgIpc) is 2.58. The Morgan fingerprint density at radius 3 is 2.54 bits per heavy atom. The lowest BCUT2D eigenvalue weighted by Gasteiger charge is -2.09. The minimum atomic E-state index is -0.376. The predicted octanol–water partition coefficient (Wildman–Crippen LogP) is 4.46. The number of fused-ring (bicyclic) bond motifs is 1. The fourth-order valence-electron chi connectivity index (χ4n) is 2.48. The van der Waals surface area contributed by atoms with Gasteiger partial charge in [0, 0.05) is 17.7 Å². The molecule has 0 spiro atoms. The molecule has 0 amide bonds. The van der Waals surface area contributed by atoms with Gasteiger partial charge in [-0.15, -0.1) is 0 Å². The molecule has 0 radical (unpaired) electrons. The van der Waals surface area contributed by atoms with Crippen LogP contribution in [0, 0.1) is 0 Å². The van der Waals surface area contributed by atoms with E-state index in [1.54, 1.807) is 19.1 Å². The van der Waals surface area contributed by atoms with Crippen molar-refractivity contribution in [3.8, 4) is 22.8 Å². The zero-order valence-corrected chi connectivity index (χ0v) is 13.1. The molecule has 2 aromatic carbocycles. The van der Waals surface area contributed by atoms with Gasteiger partial charge in [0.25, 0.3) is 0 Å². The minimum Gasteiger partial charge on any atom is -0.507 e. The van der Waals surface area contributed by atoms with E-state index in [1.165, 1.54) is 12.1 Å². The highest BCUT2D eigenvalue weighted by atomic mass is 16.3. The Hall–Kier alpha value is -3.27. The molecule has 0 aliphatic carbocycles. The van der Waals surface area contributed by atoms with Crippen LogP contribution < -0.4 is 5.43 Å². The maximum atomic E-state index is 12.5. The number of hydrogen-bond acceptors (Lipinski definition) is 4. The lowest BCUT2D eigenvalue weighted by Crippen LogP contribution is -2.01. The number of allylic oxidation sites excluding steroid dienone is 2. The summed E-state index contributed by atoms with van der Waals surface area (Å²) >= 11 is 0. The Labute approximate surface area is 138 Å². The first-order chi connectivity index (χ1) is 11.5. The summed E-state index contributed by atoms with van der Waals surface area (Å²) in [4.78, 5) is 12.5. The molecule has 4 heteroatoms. The summed E-state index contributed by atoms with van der Waals surface area (Å²) in [7, 11) is 0. The number of benzene rings is 2. The zero-order chi connectivity index (χ0) is 17.3. The Morgan fingerprint density at radius 2 is 1.88 bits per heavy atom. The molecule has 24 heavy (non-hydrogen) atoms. The van der Waals surface area contributed by atoms with E-state index in [0.29, 0.717) is 5.76 Å². The van der Waals surface area contributed by atoms with Gasteiger partial charge in [-0.25, -0.2) is 0 Å². The second-order valence-corrected chi connectivity index (χ2v) is 5.46. The zero-order valence-electron chi connectivity index (χ0n) is 13.1. The SMILES string of the molecule is C=CC(C)=Cc1c(O)cc2oc(-c3ccccc3)cc(=O)c2c1O. The summed E-state index contributed by atoms with van der Waals surface area (Å²) in [5, 5.41) is 20.6. The monoisotopic (exact) mass is 320 g/mol. The Kier molecular flexibility index (Phi) is 3.96. The standard InChI is InChI=1S/C20H16O4/c1-3-12(2)9-14-15(21)10-18-19(20(14)23)16(22)11-17(24-18)13-7-5-4-6-8-13/h3-11,21,23H,1H2,2H3. The second-order valence-electron chi connectivity index (χ2n) is 5.46. The fourth-order valence-corrected chi connectivity index (χ4v) is 2.48. The quantitative estimate of drug-likeness (QED) is 0.699. The first-order valence-electron chi connectivity index (χ1n) is 7.40. The third kappa shape index (κ3) is 2.70. The van der Waals surface area contributed by atoms with Gasteiger partial charge < -0.3 is 14.6 Å². The second kappa shape index (κ2) is 6.08. The van der Waals surface area contributed by atoms with Gasteiger partial charge in [0.2, 0.25) is 0 Å². The molecule has 0 unspecified atom stereocenters. The lowest BCUT2D eigenvalue weighted by molar-refractivity contribution is 0.450. The van der Waals surface area contributed by atoms with Crippen molar-refractivity contribution >= 4 is 17.0 Å². The fraction of sp³-hybridized carbons (Fsp3) is 0.0500. The Morgan fingerprint density at radius 1 is 1.17 bits per heavy atom. The highest BCUT2D eigenvalue weighted by Gasteiger charge is 2.16. The van der Waals surface area contributed by atoms with Crippen LogP contribution in [0.1, 0.15) is 12.5 Å². The molecule has 1 aromatic heterocycles. The molecule has 0 saturated heterocycles. The van der Waals surface area contributed by atoms with E-state index >= 15 is 0 Å². The van der Waals surface area contributed by atoms with Crippen molar-refractivity contribution in [2.45, 2.75) is 6.92 Å². The lowest BCUT2D eigenvalue weighted by atomic mass is 10.0. The normalized spacial score (nSPS) is 11.6. The molecule has 0 saturated carbocycles. The van der Waals surface area contributed by atoms with E-state index in [-0.39, 0.29) is 33.5 Å². The van der Waals surface area contributed by atoms with Crippen LogP contribution in [0.25, 0.3) is 28.4 Å². The summed E-state index contributed by atoms with van der Waals surface area (Å²) in [6.45, 7) is 5.40. The topological polar surface area (TPSA) is 70.7 Å². The van der Waals surface area contributed by atoms with Crippen molar-refractivity contribution in [2.24, 2.45) is 0 Å². The molecule has 0 atom stereocenters. The van der Waals surface area contributed by atoms with Gasteiger partial charge in [0.15, 0.2) is 5.43 Å². The molecule has 0 bridgehead atoms. The smallest absolute Gasteiger partial charge is 0.197 e. The first kappa shape index (κ1) is 15.6. The van der Waals surface area contributed by atoms with Crippen LogP contribution in [-0.2, 0) is 0 Å². The minimum absolute atomic E-state index is 0.0376. The van der Waals surface area contributed by atoms with Crippen molar-refractivity contribution in [1.82, 2.24) is 0 Å². The van der Waals surface area contributed by atoms with E-state index in [1.807, 2.05) is 30.3 Å². The molecular weight excluding hydrogens is 304 g/mol. The molecule has 120 valence electrons. The van der Waals surface area contributed by atoms with Gasteiger partial charge in [-0.1, -0.05) is 48.6 Å². The van der Waals surface area contributed by atoms with Gasteiger partial charge in [0.05, 0.1) is 5.56 Å². The third-order valence-electron chi connectivity index (χ3n) is 3.76. The van der Waals surface area contributed by atoms with Gasteiger partial charge in [0.1, 0.15) is 28.2 Å². The highest BCUT2D eigenvalue weighted by Crippen LogP contribution is 2.36. The maximum Gasteiger partial charge on any atom is 0.197 e. The molecule has 0 aliphatic rings. The molecule has 3 rings (SSSR count). The molecular formula is C20H16O4. The molecule has 0 fully saturated rings. The number of rotatable bonds is 3. The van der Waals surface area contributed by atoms with Gasteiger partial charge in [-0.05, 0) is 13.0 Å². The summed E-state index contributed by atoms with van der Waals surface area (Å²) < 4.78 is 5.72. The van der Waals surface area contributed by atoms with Gasteiger partial charge in [-0.2, -0.15) is 0 Å². The molecule has 1 heterocycles. The number of aromatic hydroxyl groups is 2. The summed E-state index contributed by atoms with van der Waals surface area (Å²) in [6.07, 6.45) is 3.14. The molecule has 3 aromatic rings. The van der Waals surface area contributed by atoms with E-state index < -0.39 is 0 Å². The summed E-state index contributed by atoms with van der Waals surface area (Å²) in [5.41, 5.74) is 1.40. The predicted molar refractivity (Wildman–Crippen MR) is 95.1 cm³/mol. The number of hydrogen-bond donors (Lipinski definition) is 2.